The van der Waals surface area contributed by atoms with E-state index < -0.39 is 6.04 Å². The molecular weight excluding hydrogens is 543 g/mol. The van der Waals surface area contributed by atoms with Crippen molar-refractivity contribution in [3.8, 4) is 5.75 Å². The molecule has 0 aliphatic rings. The summed E-state index contributed by atoms with van der Waals surface area (Å²) < 4.78 is 5.90. The highest BCUT2D eigenvalue weighted by molar-refractivity contribution is 6.42. The van der Waals surface area contributed by atoms with Gasteiger partial charge in [0, 0.05) is 24.0 Å². The van der Waals surface area contributed by atoms with E-state index in [2.05, 4.69) is 5.32 Å². The first kappa shape index (κ1) is 29.8. The second kappa shape index (κ2) is 13.9. The summed E-state index contributed by atoms with van der Waals surface area (Å²) in [6.45, 7) is 7.62. The summed E-state index contributed by atoms with van der Waals surface area (Å²) in [5.74, 6) is -0.0211. The van der Waals surface area contributed by atoms with Crippen LogP contribution in [0.3, 0.4) is 0 Å². The molecule has 0 aliphatic carbocycles. The highest BCUT2D eigenvalue weighted by Gasteiger charge is 2.31. The number of carbonyl (C=O) groups excluding carboxylic acids is 2. The number of rotatable bonds is 11. The molecule has 0 fully saturated rings. The molecule has 0 aliphatic heterocycles. The van der Waals surface area contributed by atoms with E-state index in [9.17, 15) is 9.59 Å². The van der Waals surface area contributed by atoms with Gasteiger partial charge in [-0.15, -0.1) is 0 Å². The Morgan fingerprint density at radius 1 is 0.921 bits per heavy atom. The third kappa shape index (κ3) is 8.13. The fourth-order valence-corrected chi connectivity index (χ4v) is 4.48. The number of amides is 2. The first-order valence-electron chi connectivity index (χ1n) is 12.6. The first-order valence-corrected chi connectivity index (χ1v) is 13.7. The number of hydrogen-bond acceptors (Lipinski definition) is 3. The van der Waals surface area contributed by atoms with Gasteiger partial charge in [-0.2, -0.15) is 0 Å². The van der Waals surface area contributed by atoms with Crippen LogP contribution in [0.2, 0.25) is 15.1 Å². The van der Waals surface area contributed by atoms with Gasteiger partial charge in [0.15, 0.2) is 6.61 Å². The van der Waals surface area contributed by atoms with Crippen molar-refractivity contribution in [2.75, 3.05) is 6.61 Å². The zero-order valence-electron chi connectivity index (χ0n) is 22.1. The molecule has 0 aromatic heterocycles. The number of carbonyl (C=O) groups is 2. The third-order valence-electron chi connectivity index (χ3n) is 6.38. The second-order valence-electron chi connectivity index (χ2n) is 9.45. The molecule has 5 nitrogen and oxygen atoms in total. The molecule has 3 rings (SSSR count). The summed E-state index contributed by atoms with van der Waals surface area (Å²) in [7, 11) is 0. The van der Waals surface area contributed by atoms with Crippen LogP contribution in [0.15, 0.2) is 60.7 Å². The van der Waals surface area contributed by atoms with Crippen molar-refractivity contribution in [1.82, 2.24) is 10.2 Å². The molecule has 2 atom stereocenters. The zero-order valence-corrected chi connectivity index (χ0v) is 24.3. The Bertz CT molecular complexity index is 1240. The second-order valence-corrected chi connectivity index (χ2v) is 10.6. The molecule has 38 heavy (non-hydrogen) atoms. The molecule has 3 aromatic carbocycles. The largest absolute Gasteiger partial charge is 0.484 e. The van der Waals surface area contributed by atoms with Crippen LogP contribution in [0.1, 0.15) is 42.5 Å². The number of ether oxygens (including phenoxy) is 1. The van der Waals surface area contributed by atoms with E-state index in [0.29, 0.717) is 27.2 Å². The molecule has 0 unspecified atom stereocenters. The van der Waals surface area contributed by atoms with Crippen LogP contribution in [0.4, 0.5) is 0 Å². The average Bonchev–Trinajstić information content (AvgIpc) is 2.90. The molecule has 1 N–H and O–H groups in total. The molecule has 3 aromatic rings. The maximum Gasteiger partial charge on any atom is 0.261 e. The summed E-state index contributed by atoms with van der Waals surface area (Å²) in [6, 6.07) is 17.6. The Morgan fingerprint density at radius 2 is 1.58 bits per heavy atom. The molecule has 0 saturated heterocycles. The van der Waals surface area contributed by atoms with Gasteiger partial charge in [0.2, 0.25) is 5.91 Å². The Hall–Kier alpha value is -2.73. The van der Waals surface area contributed by atoms with E-state index in [0.717, 1.165) is 28.7 Å². The summed E-state index contributed by atoms with van der Waals surface area (Å²) >= 11 is 18.7. The smallest absolute Gasteiger partial charge is 0.261 e. The average molecular weight is 576 g/mol. The van der Waals surface area contributed by atoms with Crippen molar-refractivity contribution in [3.05, 3.63) is 98.0 Å². The standard InChI is InChI=1S/C30H33Cl3N2O3/c1-5-21(4)34-30(37)27(16-22-9-7-6-8-10-22)35(17-23-11-12-25(31)26(32)15-23)28(36)18-38-24-13-19(2)29(33)20(3)14-24/h6-15,21,27H,5,16-18H2,1-4H3,(H,34,37)/t21-,27-/m0/s1. The topological polar surface area (TPSA) is 58.6 Å². The van der Waals surface area contributed by atoms with Crippen molar-refractivity contribution in [1.29, 1.82) is 0 Å². The van der Waals surface area contributed by atoms with E-state index in [4.69, 9.17) is 39.5 Å². The number of nitrogens with zero attached hydrogens (tertiary/aromatic N) is 1. The highest BCUT2D eigenvalue weighted by Crippen LogP contribution is 2.27. The third-order valence-corrected chi connectivity index (χ3v) is 7.72. The predicted molar refractivity (Wildman–Crippen MR) is 155 cm³/mol. The lowest BCUT2D eigenvalue weighted by Gasteiger charge is -2.32. The van der Waals surface area contributed by atoms with Crippen molar-refractivity contribution in [3.63, 3.8) is 0 Å². The lowest BCUT2D eigenvalue weighted by Crippen LogP contribution is -2.53. The van der Waals surface area contributed by atoms with Gasteiger partial charge in [-0.3, -0.25) is 9.59 Å². The molecule has 0 radical (unpaired) electrons. The van der Waals surface area contributed by atoms with Gasteiger partial charge in [0.25, 0.3) is 5.91 Å². The van der Waals surface area contributed by atoms with E-state index in [1.54, 1.807) is 35.2 Å². The van der Waals surface area contributed by atoms with Crippen LogP contribution in [0.5, 0.6) is 5.75 Å². The minimum absolute atomic E-state index is 0.0426. The zero-order chi connectivity index (χ0) is 27.8. The number of halogens is 3. The molecule has 8 heteroatoms. The number of hydrogen-bond donors (Lipinski definition) is 1. The quantitative estimate of drug-likeness (QED) is 0.263. The maximum atomic E-state index is 13.7. The van der Waals surface area contributed by atoms with E-state index >= 15 is 0 Å². The Balaban J connectivity index is 1.95. The molecule has 0 saturated carbocycles. The van der Waals surface area contributed by atoms with E-state index in [1.807, 2.05) is 58.0 Å². The molecule has 0 heterocycles. The van der Waals surface area contributed by atoms with Crippen molar-refractivity contribution in [2.45, 2.75) is 59.2 Å². The molecule has 2 amide bonds. The van der Waals surface area contributed by atoms with Gasteiger partial charge >= 0.3 is 0 Å². The Labute approximate surface area is 240 Å². The van der Waals surface area contributed by atoms with Gasteiger partial charge in [0.1, 0.15) is 11.8 Å². The van der Waals surface area contributed by atoms with Gasteiger partial charge in [-0.25, -0.2) is 0 Å². The summed E-state index contributed by atoms with van der Waals surface area (Å²) in [4.78, 5) is 28.9. The molecular formula is C30H33Cl3N2O3. The van der Waals surface area contributed by atoms with Crippen molar-refractivity contribution in [2.24, 2.45) is 0 Å². The summed E-state index contributed by atoms with van der Waals surface area (Å²) in [5, 5.41) is 4.51. The lowest BCUT2D eigenvalue weighted by molar-refractivity contribution is -0.143. The number of nitrogens with one attached hydrogen (secondary N) is 1. The highest BCUT2D eigenvalue weighted by atomic mass is 35.5. The number of benzene rings is 3. The van der Waals surface area contributed by atoms with Crippen LogP contribution in [0, 0.1) is 13.8 Å². The number of aryl methyl sites for hydroxylation is 2. The minimum atomic E-state index is -0.773. The fraction of sp³-hybridized carbons (Fsp3) is 0.333. The SMILES string of the molecule is CC[C@H](C)NC(=O)[C@H](Cc1ccccc1)N(Cc1ccc(Cl)c(Cl)c1)C(=O)COc1cc(C)c(Cl)c(C)c1. The Morgan fingerprint density at radius 3 is 2.18 bits per heavy atom. The van der Waals surface area contributed by atoms with Gasteiger partial charge in [0.05, 0.1) is 10.0 Å². The summed E-state index contributed by atoms with van der Waals surface area (Å²) in [6.07, 6.45) is 1.11. The van der Waals surface area contributed by atoms with Crippen LogP contribution < -0.4 is 10.1 Å². The molecule has 0 bridgehead atoms. The maximum absolute atomic E-state index is 13.7. The predicted octanol–water partition coefficient (Wildman–Crippen LogP) is 7.20. The van der Waals surface area contributed by atoms with Gasteiger partial charge < -0.3 is 15.0 Å². The normalized spacial score (nSPS) is 12.5. The Kier molecular flexibility index (Phi) is 10.9. The first-order chi connectivity index (χ1) is 18.1. The monoisotopic (exact) mass is 574 g/mol. The molecule has 0 spiro atoms. The lowest BCUT2D eigenvalue weighted by atomic mass is 10.0. The van der Waals surface area contributed by atoms with E-state index in [-0.39, 0.29) is 31.0 Å². The minimum Gasteiger partial charge on any atom is -0.484 e. The summed E-state index contributed by atoms with van der Waals surface area (Å²) in [5.41, 5.74) is 3.40. The van der Waals surface area contributed by atoms with Crippen LogP contribution >= 0.6 is 34.8 Å². The fourth-order valence-electron chi connectivity index (χ4n) is 4.05. The van der Waals surface area contributed by atoms with Crippen LogP contribution in [0.25, 0.3) is 0 Å². The van der Waals surface area contributed by atoms with Crippen molar-refractivity contribution >= 4 is 46.6 Å². The van der Waals surface area contributed by atoms with Gasteiger partial charge in [-0.05, 0) is 73.7 Å². The van der Waals surface area contributed by atoms with Crippen molar-refractivity contribution < 1.29 is 14.3 Å². The van der Waals surface area contributed by atoms with Gasteiger partial charge in [-0.1, -0.05) is 78.1 Å². The van der Waals surface area contributed by atoms with Crippen LogP contribution in [-0.2, 0) is 22.6 Å². The van der Waals surface area contributed by atoms with E-state index in [1.165, 1.54) is 0 Å². The van der Waals surface area contributed by atoms with Crippen LogP contribution in [-0.4, -0.2) is 35.4 Å². The molecule has 202 valence electrons.